The number of aromatic nitrogens is 2. The van der Waals surface area contributed by atoms with Crippen LogP contribution in [0.25, 0.3) is 5.69 Å². The zero-order chi connectivity index (χ0) is 18.0. The van der Waals surface area contributed by atoms with Crippen molar-refractivity contribution >= 4 is 17.2 Å². The molecule has 0 aliphatic heterocycles. The van der Waals surface area contributed by atoms with Crippen molar-refractivity contribution in [3.05, 3.63) is 70.2 Å². The van der Waals surface area contributed by atoms with E-state index in [9.17, 15) is 18.0 Å². The van der Waals surface area contributed by atoms with Gasteiger partial charge in [0.15, 0.2) is 5.69 Å². The van der Waals surface area contributed by atoms with Crippen LogP contribution in [0.5, 0.6) is 0 Å². The molecule has 25 heavy (non-hydrogen) atoms. The Hall–Kier alpha value is -2.61. The van der Waals surface area contributed by atoms with Crippen LogP contribution in [0.2, 0.25) is 0 Å². The minimum absolute atomic E-state index is 0.156. The molecule has 0 saturated carbocycles. The molecule has 3 aromatic rings. The molecule has 3 rings (SSSR count). The first-order valence-corrected chi connectivity index (χ1v) is 8.24. The van der Waals surface area contributed by atoms with Crippen LogP contribution in [0.3, 0.4) is 0 Å². The fourth-order valence-electron chi connectivity index (χ4n) is 2.30. The number of nitrogens with zero attached hydrogens (tertiary/aromatic N) is 3. The summed E-state index contributed by atoms with van der Waals surface area (Å²) in [6, 6.07) is 11.1. The number of carbonyl (C=O) groups is 1. The molecule has 0 aliphatic rings. The molecule has 130 valence electrons. The van der Waals surface area contributed by atoms with Crippen molar-refractivity contribution in [3.8, 4) is 5.69 Å². The molecule has 0 N–H and O–H groups in total. The number of rotatable bonds is 4. The van der Waals surface area contributed by atoms with E-state index >= 15 is 0 Å². The molecule has 0 radical (unpaired) electrons. The first kappa shape index (κ1) is 17.2. The number of halogens is 3. The maximum atomic E-state index is 12.6. The van der Waals surface area contributed by atoms with E-state index in [2.05, 4.69) is 5.10 Å². The number of alkyl halides is 3. The third-order valence-electron chi connectivity index (χ3n) is 3.58. The lowest BCUT2D eigenvalue weighted by Gasteiger charge is -2.16. The highest BCUT2D eigenvalue weighted by Crippen LogP contribution is 2.27. The molecule has 0 fully saturated rings. The third kappa shape index (κ3) is 3.90. The zero-order valence-corrected chi connectivity index (χ0v) is 14.0. The first-order valence-electron chi connectivity index (χ1n) is 7.36. The van der Waals surface area contributed by atoms with Crippen molar-refractivity contribution in [2.24, 2.45) is 0 Å². The Morgan fingerprint density at radius 2 is 1.92 bits per heavy atom. The number of thiophene rings is 1. The van der Waals surface area contributed by atoms with Crippen molar-refractivity contribution in [3.63, 3.8) is 0 Å². The molecule has 0 aliphatic carbocycles. The Balaban J connectivity index is 1.73. The van der Waals surface area contributed by atoms with Crippen LogP contribution in [0.15, 0.2) is 54.0 Å². The Morgan fingerprint density at radius 1 is 1.20 bits per heavy atom. The molecule has 0 atom stereocenters. The average Bonchev–Trinajstić information content (AvgIpc) is 3.25. The second kappa shape index (κ2) is 6.72. The standard InChI is InChI=1S/C17H14F3N3OS/c1-22(11-14-3-2-10-25-14)16(24)12-4-6-13(7-5-12)23-9-8-15(21-23)17(18,19)20/h2-10H,11H2,1H3. The van der Waals surface area contributed by atoms with Crippen molar-refractivity contribution < 1.29 is 18.0 Å². The zero-order valence-electron chi connectivity index (χ0n) is 13.2. The molecule has 2 aromatic heterocycles. The van der Waals surface area contributed by atoms with Crippen LogP contribution in [0.4, 0.5) is 13.2 Å². The molecule has 0 spiro atoms. The molecule has 1 aromatic carbocycles. The largest absolute Gasteiger partial charge is 0.435 e. The third-order valence-corrected chi connectivity index (χ3v) is 4.44. The number of hydrogen-bond donors (Lipinski definition) is 0. The van der Waals surface area contributed by atoms with Gasteiger partial charge in [-0.25, -0.2) is 4.68 Å². The van der Waals surface area contributed by atoms with Gasteiger partial charge in [0.1, 0.15) is 0 Å². The molecule has 4 nitrogen and oxygen atoms in total. The summed E-state index contributed by atoms with van der Waals surface area (Å²) in [4.78, 5) is 15.1. The lowest BCUT2D eigenvalue weighted by molar-refractivity contribution is -0.141. The van der Waals surface area contributed by atoms with Crippen LogP contribution in [0, 0.1) is 0 Å². The Labute approximate surface area is 146 Å². The van der Waals surface area contributed by atoms with Crippen LogP contribution < -0.4 is 0 Å². The van der Waals surface area contributed by atoms with Crippen molar-refractivity contribution in [1.29, 1.82) is 0 Å². The lowest BCUT2D eigenvalue weighted by Crippen LogP contribution is -2.25. The molecule has 1 amide bonds. The smallest absolute Gasteiger partial charge is 0.337 e. The van der Waals surface area contributed by atoms with E-state index in [-0.39, 0.29) is 5.91 Å². The lowest BCUT2D eigenvalue weighted by atomic mass is 10.2. The van der Waals surface area contributed by atoms with Crippen LogP contribution in [-0.4, -0.2) is 27.6 Å². The van der Waals surface area contributed by atoms with Crippen LogP contribution in [-0.2, 0) is 12.7 Å². The summed E-state index contributed by atoms with van der Waals surface area (Å²) in [7, 11) is 1.71. The van der Waals surface area contributed by atoms with E-state index < -0.39 is 11.9 Å². The molecular formula is C17H14F3N3OS. The number of hydrogen-bond acceptors (Lipinski definition) is 3. The van der Waals surface area contributed by atoms with Crippen molar-refractivity contribution in [2.75, 3.05) is 7.05 Å². The van der Waals surface area contributed by atoms with E-state index in [1.54, 1.807) is 47.5 Å². The van der Waals surface area contributed by atoms with Gasteiger partial charge in [0, 0.05) is 23.7 Å². The second-order valence-corrected chi connectivity index (χ2v) is 6.46. The summed E-state index contributed by atoms with van der Waals surface area (Å²) in [6.07, 6.45) is -3.24. The molecule has 0 unspecified atom stereocenters. The minimum Gasteiger partial charge on any atom is -0.337 e. The number of carbonyl (C=O) groups excluding carboxylic acids is 1. The van der Waals surface area contributed by atoms with Crippen LogP contribution in [0.1, 0.15) is 20.9 Å². The number of amides is 1. The summed E-state index contributed by atoms with van der Waals surface area (Å²) >= 11 is 1.57. The van der Waals surface area contributed by atoms with E-state index in [0.29, 0.717) is 17.8 Å². The van der Waals surface area contributed by atoms with Gasteiger partial charge < -0.3 is 4.90 Å². The maximum absolute atomic E-state index is 12.6. The summed E-state index contributed by atoms with van der Waals surface area (Å²) in [5.41, 5.74) is -0.0395. The normalized spacial score (nSPS) is 11.5. The van der Waals surface area contributed by atoms with Gasteiger partial charge in [0.25, 0.3) is 5.91 Å². The van der Waals surface area contributed by atoms with Gasteiger partial charge in [-0.15, -0.1) is 11.3 Å². The first-order chi connectivity index (χ1) is 11.8. The van der Waals surface area contributed by atoms with Gasteiger partial charge >= 0.3 is 6.18 Å². The van der Waals surface area contributed by atoms with Gasteiger partial charge in [0.2, 0.25) is 0 Å². The van der Waals surface area contributed by atoms with Crippen molar-refractivity contribution in [2.45, 2.75) is 12.7 Å². The fraction of sp³-hybridized carbons (Fsp3) is 0.176. The van der Waals surface area contributed by atoms with Gasteiger partial charge in [-0.1, -0.05) is 6.07 Å². The Morgan fingerprint density at radius 3 is 2.48 bits per heavy atom. The second-order valence-electron chi connectivity index (χ2n) is 5.43. The van der Waals surface area contributed by atoms with E-state index in [1.807, 2.05) is 17.5 Å². The monoisotopic (exact) mass is 365 g/mol. The highest BCUT2D eigenvalue weighted by molar-refractivity contribution is 7.09. The maximum Gasteiger partial charge on any atom is 0.435 e. The molecule has 2 heterocycles. The van der Waals surface area contributed by atoms with Gasteiger partial charge in [0.05, 0.1) is 12.2 Å². The number of benzene rings is 1. The Kier molecular flexibility index (Phi) is 4.63. The molecule has 8 heteroatoms. The highest BCUT2D eigenvalue weighted by Gasteiger charge is 2.33. The molecule has 0 saturated heterocycles. The summed E-state index contributed by atoms with van der Waals surface area (Å²) in [5, 5.41) is 5.46. The predicted molar refractivity (Wildman–Crippen MR) is 88.7 cm³/mol. The van der Waals surface area contributed by atoms with E-state index in [1.165, 1.54) is 6.20 Å². The average molecular weight is 365 g/mol. The predicted octanol–water partition coefficient (Wildman–Crippen LogP) is 4.22. The SMILES string of the molecule is CN(Cc1cccs1)C(=O)c1ccc(-n2ccc(C(F)(F)F)n2)cc1. The van der Waals surface area contributed by atoms with E-state index in [0.717, 1.165) is 15.6 Å². The molecular weight excluding hydrogens is 351 g/mol. The summed E-state index contributed by atoms with van der Waals surface area (Å²) < 4.78 is 38.9. The Bertz CT molecular complexity index is 854. The van der Waals surface area contributed by atoms with Gasteiger partial charge in [-0.2, -0.15) is 18.3 Å². The van der Waals surface area contributed by atoms with Gasteiger partial charge in [-0.3, -0.25) is 4.79 Å². The minimum atomic E-state index is -4.48. The summed E-state index contributed by atoms with van der Waals surface area (Å²) in [6.45, 7) is 0.506. The highest BCUT2D eigenvalue weighted by atomic mass is 32.1. The van der Waals surface area contributed by atoms with Crippen molar-refractivity contribution in [1.82, 2.24) is 14.7 Å². The fourth-order valence-corrected chi connectivity index (χ4v) is 3.06. The van der Waals surface area contributed by atoms with Crippen LogP contribution >= 0.6 is 11.3 Å². The molecule has 0 bridgehead atoms. The van der Waals surface area contributed by atoms with Gasteiger partial charge in [-0.05, 0) is 41.8 Å². The summed E-state index contributed by atoms with van der Waals surface area (Å²) in [5.74, 6) is -0.156. The topological polar surface area (TPSA) is 38.1 Å². The van der Waals surface area contributed by atoms with E-state index in [4.69, 9.17) is 0 Å². The quantitative estimate of drug-likeness (QED) is 0.694.